The van der Waals surface area contributed by atoms with Gasteiger partial charge in [-0.25, -0.2) is 9.13 Å². The van der Waals surface area contributed by atoms with E-state index in [1.54, 1.807) is 0 Å². The number of aromatic nitrogens is 2. The fourth-order valence-electron chi connectivity index (χ4n) is 1.65. The molecule has 72 valence electrons. The molecule has 2 heteroatoms. The van der Waals surface area contributed by atoms with Gasteiger partial charge in [0.15, 0.2) is 0 Å². The fraction of sp³-hybridized carbons (Fsp3) is 0.250. The summed E-state index contributed by atoms with van der Waals surface area (Å²) in [7, 11) is 0. The van der Waals surface area contributed by atoms with Crippen LogP contribution in [-0.2, 0) is 13.1 Å². The third-order valence-electron chi connectivity index (χ3n) is 2.34. The van der Waals surface area contributed by atoms with Gasteiger partial charge in [-0.3, -0.25) is 0 Å². The highest BCUT2D eigenvalue weighted by Crippen LogP contribution is 2.07. The standard InChI is InChI=1S/C12H15N2/c1-2-7-13-8-9-14(11-13)10-12-5-3-4-6-12/h2-6,8-9,11-12H,1,7,10H2/q+1. The highest BCUT2D eigenvalue weighted by molar-refractivity contribution is 5.16. The van der Waals surface area contributed by atoms with E-state index >= 15 is 0 Å². The number of nitrogens with zero attached hydrogens (tertiary/aromatic N) is 2. The molecule has 0 aliphatic heterocycles. The second-order valence-electron chi connectivity index (χ2n) is 3.53. The van der Waals surface area contributed by atoms with Gasteiger partial charge < -0.3 is 0 Å². The van der Waals surface area contributed by atoms with Crippen molar-refractivity contribution in [3.8, 4) is 0 Å². The molecule has 2 nitrogen and oxygen atoms in total. The molecule has 1 aliphatic rings. The van der Waals surface area contributed by atoms with Crippen LogP contribution in [0, 0.1) is 5.92 Å². The Morgan fingerprint density at radius 1 is 1.36 bits per heavy atom. The van der Waals surface area contributed by atoms with E-state index in [0.717, 1.165) is 13.1 Å². The van der Waals surface area contributed by atoms with Crippen molar-refractivity contribution in [3.05, 3.63) is 55.7 Å². The largest absolute Gasteiger partial charge is 0.244 e. The second-order valence-corrected chi connectivity index (χ2v) is 3.53. The van der Waals surface area contributed by atoms with Gasteiger partial charge in [-0.1, -0.05) is 37.0 Å². The second kappa shape index (κ2) is 4.09. The maximum absolute atomic E-state index is 3.72. The number of hydrogen-bond acceptors (Lipinski definition) is 0. The Labute approximate surface area is 84.5 Å². The van der Waals surface area contributed by atoms with Gasteiger partial charge in [0, 0.05) is 5.92 Å². The maximum Gasteiger partial charge on any atom is 0.244 e. The Hall–Kier alpha value is -1.57. The molecule has 0 N–H and O–H groups in total. The number of imidazole rings is 1. The SMILES string of the molecule is C=CCn1cc[n+](CC2C=CC=C2)c1. The van der Waals surface area contributed by atoms with Gasteiger partial charge in [-0.2, -0.15) is 0 Å². The van der Waals surface area contributed by atoms with Crippen molar-refractivity contribution < 1.29 is 4.57 Å². The lowest BCUT2D eigenvalue weighted by atomic mass is 10.2. The van der Waals surface area contributed by atoms with E-state index in [1.165, 1.54) is 0 Å². The monoisotopic (exact) mass is 187 g/mol. The van der Waals surface area contributed by atoms with Crippen LogP contribution in [0.1, 0.15) is 0 Å². The summed E-state index contributed by atoms with van der Waals surface area (Å²) in [4.78, 5) is 0. The van der Waals surface area contributed by atoms with Crippen LogP contribution < -0.4 is 4.57 Å². The average molecular weight is 187 g/mol. The molecule has 0 radical (unpaired) electrons. The van der Waals surface area contributed by atoms with Crippen molar-refractivity contribution in [2.24, 2.45) is 5.92 Å². The minimum Gasteiger partial charge on any atom is -0.236 e. The molecule has 1 aliphatic carbocycles. The summed E-state index contributed by atoms with van der Waals surface area (Å²) >= 11 is 0. The third-order valence-corrected chi connectivity index (χ3v) is 2.34. The van der Waals surface area contributed by atoms with Gasteiger partial charge in [0.25, 0.3) is 0 Å². The summed E-state index contributed by atoms with van der Waals surface area (Å²) < 4.78 is 4.32. The minimum absolute atomic E-state index is 0.555. The van der Waals surface area contributed by atoms with E-state index in [9.17, 15) is 0 Å². The number of rotatable bonds is 4. The van der Waals surface area contributed by atoms with Crippen molar-refractivity contribution in [1.29, 1.82) is 0 Å². The molecular weight excluding hydrogens is 172 g/mol. The van der Waals surface area contributed by atoms with Crippen LogP contribution in [0.4, 0.5) is 0 Å². The predicted molar refractivity (Wildman–Crippen MR) is 56.6 cm³/mol. The van der Waals surface area contributed by atoms with Crippen LogP contribution in [0.25, 0.3) is 0 Å². The first-order valence-electron chi connectivity index (χ1n) is 4.89. The Kier molecular flexibility index (Phi) is 2.63. The molecule has 0 unspecified atom stereocenters. The lowest BCUT2D eigenvalue weighted by Gasteiger charge is -1.99. The molecule has 0 bridgehead atoms. The molecule has 0 atom stereocenters. The zero-order valence-corrected chi connectivity index (χ0v) is 8.21. The first kappa shape index (κ1) is 9.00. The Morgan fingerprint density at radius 2 is 2.14 bits per heavy atom. The molecule has 1 heterocycles. The van der Waals surface area contributed by atoms with Crippen molar-refractivity contribution in [2.45, 2.75) is 13.1 Å². The van der Waals surface area contributed by atoms with Gasteiger partial charge >= 0.3 is 0 Å². The molecule has 2 rings (SSSR count). The third kappa shape index (κ3) is 2.02. The van der Waals surface area contributed by atoms with Crippen LogP contribution >= 0.6 is 0 Å². The topological polar surface area (TPSA) is 8.81 Å². The highest BCUT2D eigenvalue weighted by atomic mass is 15.1. The van der Waals surface area contributed by atoms with E-state index in [4.69, 9.17) is 0 Å². The van der Waals surface area contributed by atoms with Crippen molar-refractivity contribution in [3.63, 3.8) is 0 Å². The van der Waals surface area contributed by atoms with Crippen LogP contribution in [0.2, 0.25) is 0 Å². The van der Waals surface area contributed by atoms with E-state index in [1.807, 2.05) is 6.08 Å². The summed E-state index contributed by atoms with van der Waals surface area (Å²) in [5.41, 5.74) is 0. The smallest absolute Gasteiger partial charge is 0.236 e. The Morgan fingerprint density at radius 3 is 2.86 bits per heavy atom. The van der Waals surface area contributed by atoms with E-state index in [2.05, 4.69) is 58.7 Å². The summed E-state index contributed by atoms with van der Waals surface area (Å²) in [6.07, 6.45) is 16.8. The molecule has 0 saturated heterocycles. The van der Waals surface area contributed by atoms with Crippen molar-refractivity contribution in [1.82, 2.24) is 4.57 Å². The zero-order valence-electron chi connectivity index (χ0n) is 8.21. The summed E-state index contributed by atoms with van der Waals surface area (Å²) in [6.45, 7) is 5.62. The number of allylic oxidation sites excluding steroid dienone is 5. The Balaban J connectivity index is 1.98. The van der Waals surface area contributed by atoms with Gasteiger partial charge in [-0.15, -0.1) is 0 Å². The highest BCUT2D eigenvalue weighted by Gasteiger charge is 2.09. The molecular formula is C12H15N2+. The maximum atomic E-state index is 3.72. The molecule has 0 amide bonds. The van der Waals surface area contributed by atoms with Gasteiger partial charge in [0.1, 0.15) is 18.9 Å². The zero-order chi connectivity index (χ0) is 9.80. The lowest BCUT2D eigenvalue weighted by molar-refractivity contribution is -0.699. The molecule has 0 fully saturated rings. The first-order chi connectivity index (χ1) is 6.88. The predicted octanol–water partition coefficient (Wildman–Crippen LogP) is 1.70. The number of hydrogen-bond donors (Lipinski definition) is 0. The molecule has 1 aromatic heterocycles. The molecule has 0 spiro atoms. The van der Waals surface area contributed by atoms with Gasteiger partial charge in [0.2, 0.25) is 6.33 Å². The van der Waals surface area contributed by atoms with E-state index in [-0.39, 0.29) is 0 Å². The van der Waals surface area contributed by atoms with Crippen LogP contribution in [0.5, 0.6) is 0 Å². The van der Waals surface area contributed by atoms with E-state index in [0.29, 0.717) is 5.92 Å². The fourth-order valence-corrected chi connectivity index (χ4v) is 1.65. The average Bonchev–Trinajstić information content (AvgIpc) is 2.79. The van der Waals surface area contributed by atoms with Gasteiger partial charge in [-0.05, 0) is 0 Å². The normalized spacial score (nSPS) is 15.1. The van der Waals surface area contributed by atoms with Crippen molar-refractivity contribution in [2.75, 3.05) is 0 Å². The lowest BCUT2D eigenvalue weighted by Crippen LogP contribution is -2.34. The van der Waals surface area contributed by atoms with Crippen LogP contribution in [0.15, 0.2) is 55.7 Å². The summed E-state index contributed by atoms with van der Waals surface area (Å²) in [6, 6.07) is 0. The minimum atomic E-state index is 0.555. The quantitative estimate of drug-likeness (QED) is 0.501. The van der Waals surface area contributed by atoms with Gasteiger partial charge in [0.05, 0.1) is 6.54 Å². The molecule has 14 heavy (non-hydrogen) atoms. The summed E-state index contributed by atoms with van der Waals surface area (Å²) in [5.74, 6) is 0.555. The Bertz CT molecular complexity index is 359. The van der Waals surface area contributed by atoms with Crippen LogP contribution in [0.3, 0.4) is 0 Å². The van der Waals surface area contributed by atoms with Crippen molar-refractivity contribution >= 4 is 0 Å². The molecule has 1 aromatic rings. The first-order valence-corrected chi connectivity index (χ1v) is 4.89. The molecule has 0 saturated carbocycles. The van der Waals surface area contributed by atoms with E-state index < -0.39 is 0 Å². The molecule has 0 aromatic carbocycles. The summed E-state index contributed by atoms with van der Waals surface area (Å²) in [5, 5.41) is 0. The van der Waals surface area contributed by atoms with Crippen LogP contribution in [-0.4, -0.2) is 4.57 Å².